The van der Waals surface area contributed by atoms with Crippen LogP contribution in [0.2, 0.25) is 0 Å². The number of aromatic nitrogens is 3. The number of hydrogen-bond donors (Lipinski definition) is 1. The third kappa shape index (κ3) is 2.97. The number of hydrogen-bond acceptors (Lipinski definition) is 4. The normalized spacial score (nSPS) is 11.0. The molecule has 0 radical (unpaired) electrons. The number of ether oxygens (including phenoxy) is 1. The van der Waals surface area contributed by atoms with Gasteiger partial charge < -0.3 is 10.1 Å². The van der Waals surface area contributed by atoms with Crippen LogP contribution in [0.1, 0.15) is 16.2 Å². The van der Waals surface area contributed by atoms with Gasteiger partial charge in [0.15, 0.2) is 5.65 Å². The highest BCUT2D eigenvalue weighted by molar-refractivity contribution is 6.01. The van der Waals surface area contributed by atoms with Crippen molar-refractivity contribution < 1.29 is 9.53 Å². The smallest absolute Gasteiger partial charge is 0.255 e. The van der Waals surface area contributed by atoms with Gasteiger partial charge in [0.25, 0.3) is 5.91 Å². The highest BCUT2D eigenvalue weighted by atomic mass is 16.5. The molecule has 0 aliphatic heterocycles. The number of fused-ring (bicyclic) bond motifs is 2. The Morgan fingerprint density at radius 1 is 1.08 bits per heavy atom. The molecule has 4 aromatic rings. The maximum Gasteiger partial charge on any atom is 0.255 e. The molecule has 0 fully saturated rings. The maximum absolute atomic E-state index is 12.6. The fourth-order valence-electron chi connectivity index (χ4n) is 3.01. The molecule has 0 atom stereocenters. The Morgan fingerprint density at radius 3 is 2.65 bits per heavy atom. The van der Waals surface area contributed by atoms with Crippen molar-refractivity contribution in [3.8, 4) is 5.75 Å². The monoisotopic (exact) mass is 346 g/mol. The molecule has 6 nitrogen and oxygen atoms in total. The van der Waals surface area contributed by atoms with Gasteiger partial charge in [-0.05, 0) is 35.0 Å². The molecular formula is C20H18N4O2. The van der Waals surface area contributed by atoms with E-state index in [0.717, 1.165) is 22.2 Å². The lowest BCUT2D eigenvalue weighted by atomic mass is 10.1. The standard InChI is InChI=1S/C20H18N4O2/c1-26-17-13-15-7-3-2-6-14(15)12-16(17)20(25)21-10-9-19-23-22-18-8-4-5-11-24(18)19/h2-8,11-13H,9-10H2,1H3,(H,21,25). The lowest BCUT2D eigenvalue weighted by Gasteiger charge is -2.11. The summed E-state index contributed by atoms with van der Waals surface area (Å²) in [6.07, 6.45) is 2.51. The van der Waals surface area contributed by atoms with E-state index < -0.39 is 0 Å². The van der Waals surface area contributed by atoms with E-state index in [1.54, 1.807) is 7.11 Å². The number of methoxy groups -OCH3 is 1. The van der Waals surface area contributed by atoms with Crippen molar-refractivity contribution in [2.75, 3.05) is 13.7 Å². The summed E-state index contributed by atoms with van der Waals surface area (Å²) in [5, 5.41) is 13.3. The predicted octanol–water partition coefficient (Wildman–Crippen LogP) is 2.86. The molecule has 26 heavy (non-hydrogen) atoms. The molecule has 0 bridgehead atoms. The molecule has 2 aromatic heterocycles. The molecule has 6 heteroatoms. The first-order valence-corrected chi connectivity index (χ1v) is 8.40. The lowest BCUT2D eigenvalue weighted by molar-refractivity contribution is 0.0951. The average molecular weight is 346 g/mol. The van der Waals surface area contributed by atoms with E-state index in [0.29, 0.717) is 24.3 Å². The van der Waals surface area contributed by atoms with E-state index in [1.807, 2.05) is 65.2 Å². The zero-order valence-electron chi connectivity index (χ0n) is 14.3. The SMILES string of the molecule is COc1cc2ccccc2cc1C(=O)NCCc1nnc2ccccn12. The summed E-state index contributed by atoms with van der Waals surface area (Å²) in [5.41, 5.74) is 1.32. The largest absolute Gasteiger partial charge is 0.496 e. The number of nitrogens with zero attached hydrogens (tertiary/aromatic N) is 3. The second-order valence-corrected chi connectivity index (χ2v) is 5.95. The first-order chi connectivity index (χ1) is 12.8. The Kier molecular flexibility index (Phi) is 4.23. The van der Waals surface area contributed by atoms with Gasteiger partial charge in [-0.1, -0.05) is 30.3 Å². The molecule has 0 unspecified atom stereocenters. The highest BCUT2D eigenvalue weighted by Crippen LogP contribution is 2.25. The van der Waals surface area contributed by atoms with Crippen molar-refractivity contribution in [3.05, 3.63) is 72.2 Å². The van der Waals surface area contributed by atoms with Crippen molar-refractivity contribution >= 4 is 22.3 Å². The minimum atomic E-state index is -0.165. The molecular weight excluding hydrogens is 328 g/mol. The molecule has 2 heterocycles. The number of carbonyl (C=O) groups excluding carboxylic acids is 1. The van der Waals surface area contributed by atoms with Gasteiger partial charge in [-0.2, -0.15) is 0 Å². The molecule has 130 valence electrons. The van der Waals surface area contributed by atoms with Crippen LogP contribution < -0.4 is 10.1 Å². The Morgan fingerprint density at radius 2 is 1.85 bits per heavy atom. The van der Waals surface area contributed by atoms with Gasteiger partial charge in [-0.15, -0.1) is 10.2 Å². The fraction of sp³-hybridized carbons (Fsp3) is 0.150. The number of rotatable bonds is 5. The number of benzene rings is 2. The van der Waals surface area contributed by atoms with E-state index in [-0.39, 0.29) is 5.91 Å². The van der Waals surface area contributed by atoms with Crippen molar-refractivity contribution in [2.45, 2.75) is 6.42 Å². The molecule has 0 aliphatic carbocycles. The maximum atomic E-state index is 12.6. The van der Waals surface area contributed by atoms with E-state index in [9.17, 15) is 4.79 Å². The fourth-order valence-corrected chi connectivity index (χ4v) is 3.01. The van der Waals surface area contributed by atoms with Gasteiger partial charge in [0, 0.05) is 19.2 Å². The summed E-state index contributed by atoms with van der Waals surface area (Å²) in [4.78, 5) is 12.6. The molecule has 0 saturated carbocycles. The molecule has 0 spiro atoms. The quantitative estimate of drug-likeness (QED) is 0.603. The third-order valence-corrected chi connectivity index (χ3v) is 4.33. The van der Waals surface area contributed by atoms with Crippen molar-refractivity contribution in [1.29, 1.82) is 0 Å². The second kappa shape index (κ2) is 6.84. The summed E-state index contributed by atoms with van der Waals surface area (Å²) in [5.74, 6) is 1.21. The second-order valence-electron chi connectivity index (χ2n) is 5.95. The Balaban J connectivity index is 1.50. The molecule has 4 rings (SSSR count). The number of pyridine rings is 1. The van der Waals surface area contributed by atoms with Crippen LogP contribution in [-0.2, 0) is 6.42 Å². The van der Waals surface area contributed by atoms with Crippen LogP contribution in [0.25, 0.3) is 16.4 Å². The minimum absolute atomic E-state index is 0.165. The third-order valence-electron chi connectivity index (χ3n) is 4.33. The van der Waals surface area contributed by atoms with Crippen LogP contribution in [0.15, 0.2) is 60.8 Å². The van der Waals surface area contributed by atoms with Gasteiger partial charge in [0.2, 0.25) is 0 Å². The number of carbonyl (C=O) groups is 1. The van der Waals surface area contributed by atoms with Crippen LogP contribution in [-0.4, -0.2) is 34.2 Å². The molecule has 1 amide bonds. The van der Waals surface area contributed by atoms with E-state index in [4.69, 9.17) is 4.74 Å². The topological polar surface area (TPSA) is 68.5 Å². The van der Waals surface area contributed by atoms with E-state index >= 15 is 0 Å². The summed E-state index contributed by atoms with van der Waals surface area (Å²) in [6.45, 7) is 0.463. The van der Waals surface area contributed by atoms with Crippen LogP contribution >= 0.6 is 0 Å². The molecule has 0 aliphatic rings. The number of amides is 1. The minimum Gasteiger partial charge on any atom is -0.496 e. The van der Waals surface area contributed by atoms with E-state index in [1.165, 1.54) is 0 Å². The summed E-state index contributed by atoms with van der Waals surface area (Å²) >= 11 is 0. The van der Waals surface area contributed by atoms with Gasteiger partial charge >= 0.3 is 0 Å². The average Bonchev–Trinajstić information content (AvgIpc) is 3.10. The van der Waals surface area contributed by atoms with Gasteiger partial charge in [-0.25, -0.2) is 0 Å². The van der Waals surface area contributed by atoms with Gasteiger partial charge in [0.05, 0.1) is 12.7 Å². The Bertz CT molecular complexity index is 1090. The zero-order valence-corrected chi connectivity index (χ0v) is 14.3. The van der Waals surface area contributed by atoms with Crippen molar-refractivity contribution in [1.82, 2.24) is 19.9 Å². The highest BCUT2D eigenvalue weighted by Gasteiger charge is 2.14. The van der Waals surface area contributed by atoms with Crippen molar-refractivity contribution in [2.24, 2.45) is 0 Å². The Labute approximate surface area is 150 Å². The van der Waals surface area contributed by atoms with E-state index in [2.05, 4.69) is 15.5 Å². The Hall–Kier alpha value is -3.41. The van der Waals surface area contributed by atoms with Crippen LogP contribution in [0, 0.1) is 0 Å². The molecule has 1 N–H and O–H groups in total. The van der Waals surface area contributed by atoms with Crippen LogP contribution in [0.5, 0.6) is 5.75 Å². The van der Waals surface area contributed by atoms with Gasteiger partial charge in [0.1, 0.15) is 11.6 Å². The lowest BCUT2D eigenvalue weighted by Crippen LogP contribution is -2.26. The molecule has 2 aromatic carbocycles. The van der Waals surface area contributed by atoms with Gasteiger partial charge in [-0.3, -0.25) is 9.20 Å². The molecule has 0 saturated heterocycles. The first kappa shape index (κ1) is 16.1. The van der Waals surface area contributed by atoms with Crippen LogP contribution in [0.4, 0.5) is 0 Å². The summed E-state index contributed by atoms with van der Waals surface area (Å²) in [6, 6.07) is 17.4. The number of nitrogens with one attached hydrogen (secondary N) is 1. The first-order valence-electron chi connectivity index (χ1n) is 8.40. The van der Waals surface area contributed by atoms with Crippen molar-refractivity contribution in [3.63, 3.8) is 0 Å². The van der Waals surface area contributed by atoms with Crippen LogP contribution in [0.3, 0.4) is 0 Å². The zero-order chi connectivity index (χ0) is 17.9. The predicted molar refractivity (Wildman–Crippen MR) is 99.5 cm³/mol. The summed E-state index contributed by atoms with van der Waals surface area (Å²) < 4.78 is 7.32. The summed E-state index contributed by atoms with van der Waals surface area (Å²) in [7, 11) is 1.57.